The number of nitrogens with zero attached hydrogens (tertiary/aromatic N) is 2. The van der Waals surface area contributed by atoms with Gasteiger partial charge in [-0.25, -0.2) is 0 Å². The van der Waals surface area contributed by atoms with E-state index in [9.17, 15) is 0 Å². The van der Waals surface area contributed by atoms with Gasteiger partial charge in [-0.3, -0.25) is 4.98 Å². The highest BCUT2D eigenvalue weighted by molar-refractivity contribution is 6.00. The van der Waals surface area contributed by atoms with E-state index in [4.69, 9.17) is 5.73 Å². The summed E-state index contributed by atoms with van der Waals surface area (Å²) in [6.45, 7) is 1.18. The van der Waals surface area contributed by atoms with Gasteiger partial charge in [0.2, 0.25) is 0 Å². The molecule has 1 aliphatic carbocycles. The zero-order valence-corrected chi connectivity index (χ0v) is 12.5. The van der Waals surface area contributed by atoms with Gasteiger partial charge in [-0.05, 0) is 49.8 Å². The van der Waals surface area contributed by atoms with Gasteiger partial charge in [-0.15, -0.1) is 0 Å². The third kappa shape index (κ3) is 2.15. The van der Waals surface area contributed by atoms with Gasteiger partial charge in [0, 0.05) is 47.1 Å². The summed E-state index contributed by atoms with van der Waals surface area (Å²) in [5.41, 5.74) is 8.32. The number of hydrogen-bond acceptors (Lipinski definition) is 3. The summed E-state index contributed by atoms with van der Waals surface area (Å²) in [7, 11) is 0. The number of anilines is 2. The van der Waals surface area contributed by atoms with Gasteiger partial charge in [0.25, 0.3) is 0 Å². The molecule has 3 nitrogen and oxygen atoms in total. The first-order valence-electron chi connectivity index (χ1n) is 8.23. The molecule has 2 N–H and O–H groups in total. The molecule has 0 spiro atoms. The van der Waals surface area contributed by atoms with Gasteiger partial charge in [-0.1, -0.05) is 12.8 Å². The fraction of sp³-hybridized carbons (Fsp3) is 0.500. The number of pyridine rings is 1. The van der Waals surface area contributed by atoms with E-state index in [-0.39, 0.29) is 0 Å². The van der Waals surface area contributed by atoms with Gasteiger partial charge in [0.1, 0.15) is 0 Å². The van der Waals surface area contributed by atoms with E-state index in [1.807, 2.05) is 18.5 Å². The van der Waals surface area contributed by atoms with Crippen molar-refractivity contribution in [2.45, 2.75) is 44.6 Å². The van der Waals surface area contributed by atoms with Crippen LogP contribution in [0.5, 0.6) is 0 Å². The van der Waals surface area contributed by atoms with E-state index < -0.39 is 0 Å². The van der Waals surface area contributed by atoms with Crippen LogP contribution in [0.25, 0.3) is 10.8 Å². The number of nitrogen functional groups attached to an aromatic ring is 1. The lowest BCUT2D eigenvalue weighted by Crippen LogP contribution is -2.47. The molecule has 2 atom stereocenters. The van der Waals surface area contributed by atoms with Crippen molar-refractivity contribution >= 4 is 22.1 Å². The minimum Gasteiger partial charge on any atom is -0.398 e. The molecule has 1 aromatic carbocycles. The van der Waals surface area contributed by atoms with Crippen LogP contribution >= 0.6 is 0 Å². The molecule has 1 aromatic heterocycles. The Bertz CT molecular complexity index is 650. The minimum atomic E-state index is 0.729. The standard InChI is InChI=1S/C18H23N3/c19-16-7-8-18(14-9-10-20-12-15(14)16)21-11-3-5-13-4-1-2-6-17(13)21/h7-10,12-13,17H,1-6,11,19H2. The number of benzene rings is 1. The van der Waals surface area contributed by atoms with Crippen LogP contribution in [0.15, 0.2) is 30.6 Å². The van der Waals surface area contributed by atoms with Crippen molar-refractivity contribution in [1.82, 2.24) is 4.98 Å². The van der Waals surface area contributed by atoms with Crippen LogP contribution < -0.4 is 10.6 Å². The lowest BCUT2D eigenvalue weighted by molar-refractivity contribution is 0.244. The number of rotatable bonds is 1. The fourth-order valence-corrected chi connectivity index (χ4v) is 4.37. The maximum atomic E-state index is 6.13. The average molecular weight is 281 g/mol. The van der Waals surface area contributed by atoms with Crippen molar-refractivity contribution in [2.24, 2.45) is 5.92 Å². The van der Waals surface area contributed by atoms with Gasteiger partial charge in [0.15, 0.2) is 0 Å². The fourth-order valence-electron chi connectivity index (χ4n) is 4.37. The average Bonchev–Trinajstić information content (AvgIpc) is 2.55. The van der Waals surface area contributed by atoms with Crippen LogP contribution in [-0.4, -0.2) is 17.6 Å². The summed E-state index contributed by atoms with van der Waals surface area (Å²) in [4.78, 5) is 6.90. The largest absolute Gasteiger partial charge is 0.398 e. The van der Waals surface area contributed by atoms with E-state index in [1.54, 1.807) is 0 Å². The van der Waals surface area contributed by atoms with E-state index in [0.717, 1.165) is 23.0 Å². The Morgan fingerprint density at radius 3 is 2.81 bits per heavy atom. The molecule has 0 bridgehead atoms. The zero-order chi connectivity index (χ0) is 14.2. The quantitative estimate of drug-likeness (QED) is 0.804. The van der Waals surface area contributed by atoms with Crippen LogP contribution in [0, 0.1) is 5.92 Å². The Kier molecular flexibility index (Phi) is 3.21. The zero-order valence-electron chi connectivity index (χ0n) is 12.5. The van der Waals surface area contributed by atoms with E-state index in [2.05, 4.69) is 22.0 Å². The van der Waals surface area contributed by atoms with Gasteiger partial charge in [-0.2, -0.15) is 0 Å². The molecule has 21 heavy (non-hydrogen) atoms. The molecule has 2 aromatic rings. The molecule has 4 rings (SSSR count). The number of fused-ring (bicyclic) bond motifs is 2. The monoisotopic (exact) mass is 281 g/mol. The van der Waals surface area contributed by atoms with E-state index in [1.165, 1.54) is 56.1 Å². The number of nitrogens with two attached hydrogens (primary N) is 1. The summed E-state index contributed by atoms with van der Waals surface area (Å²) in [6.07, 6.45) is 12.1. The Hall–Kier alpha value is -1.77. The van der Waals surface area contributed by atoms with Crippen molar-refractivity contribution in [3.63, 3.8) is 0 Å². The van der Waals surface area contributed by atoms with Crippen molar-refractivity contribution in [1.29, 1.82) is 0 Å². The maximum Gasteiger partial charge on any atom is 0.0451 e. The summed E-state index contributed by atoms with van der Waals surface area (Å²) in [5, 5.41) is 2.35. The SMILES string of the molecule is Nc1ccc(N2CCCC3CCCCC32)c2ccncc12. The molecule has 2 heterocycles. The van der Waals surface area contributed by atoms with Crippen molar-refractivity contribution in [2.75, 3.05) is 17.2 Å². The Morgan fingerprint density at radius 1 is 1.00 bits per heavy atom. The molecule has 2 fully saturated rings. The highest BCUT2D eigenvalue weighted by atomic mass is 15.2. The van der Waals surface area contributed by atoms with Crippen molar-refractivity contribution in [3.8, 4) is 0 Å². The van der Waals surface area contributed by atoms with Gasteiger partial charge in [0.05, 0.1) is 0 Å². The Balaban J connectivity index is 1.80. The first-order valence-corrected chi connectivity index (χ1v) is 8.23. The van der Waals surface area contributed by atoms with Crippen LogP contribution in [-0.2, 0) is 0 Å². The Labute approximate surface area is 126 Å². The maximum absolute atomic E-state index is 6.13. The van der Waals surface area contributed by atoms with Crippen molar-refractivity contribution < 1.29 is 0 Å². The normalized spacial score (nSPS) is 25.8. The third-order valence-corrected chi connectivity index (χ3v) is 5.38. The van der Waals surface area contributed by atoms with Crippen LogP contribution in [0.3, 0.4) is 0 Å². The number of aromatic nitrogens is 1. The van der Waals surface area contributed by atoms with Gasteiger partial charge < -0.3 is 10.6 Å². The number of piperidine rings is 1. The predicted octanol–water partition coefficient (Wildman–Crippen LogP) is 3.98. The van der Waals surface area contributed by atoms with E-state index >= 15 is 0 Å². The smallest absolute Gasteiger partial charge is 0.0451 e. The molecular weight excluding hydrogens is 258 g/mol. The Morgan fingerprint density at radius 2 is 1.86 bits per heavy atom. The molecular formula is C18H23N3. The first-order chi connectivity index (χ1) is 10.3. The molecule has 1 aliphatic heterocycles. The molecule has 0 amide bonds. The lowest BCUT2D eigenvalue weighted by atomic mass is 9.78. The molecule has 2 unspecified atom stereocenters. The van der Waals surface area contributed by atoms with Crippen LogP contribution in [0.4, 0.5) is 11.4 Å². The van der Waals surface area contributed by atoms with Crippen molar-refractivity contribution in [3.05, 3.63) is 30.6 Å². The second-order valence-electron chi connectivity index (χ2n) is 6.54. The van der Waals surface area contributed by atoms with Gasteiger partial charge >= 0.3 is 0 Å². The summed E-state index contributed by atoms with van der Waals surface area (Å²) in [6, 6.07) is 7.11. The third-order valence-electron chi connectivity index (χ3n) is 5.38. The second kappa shape index (κ2) is 5.21. The molecule has 2 aliphatic rings. The molecule has 3 heteroatoms. The molecule has 1 saturated heterocycles. The predicted molar refractivity (Wildman–Crippen MR) is 88.5 cm³/mol. The lowest BCUT2D eigenvalue weighted by Gasteiger charge is -2.45. The summed E-state index contributed by atoms with van der Waals surface area (Å²) >= 11 is 0. The summed E-state index contributed by atoms with van der Waals surface area (Å²) < 4.78 is 0. The molecule has 110 valence electrons. The van der Waals surface area contributed by atoms with Crippen LogP contribution in [0.2, 0.25) is 0 Å². The minimum absolute atomic E-state index is 0.729. The first kappa shape index (κ1) is 12.9. The number of hydrogen-bond donors (Lipinski definition) is 1. The highest BCUT2D eigenvalue weighted by Crippen LogP contribution is 2.40. The topological polar surface area (TPSA) is 42.1 Å². The van der Waals surface area contributed by atoms with E-state index in [0.29, 0.717) is 0 Å². The molecule has 1 saturated carbocycles. The molecule has 0 radical (unpaired) electrons. The van der Waals surface area contributed by atoms with Crippen LogP contribution in [0.1, 0.15) is 38.5 Å². The second-order valence-corrected chi connectivity index (χ2v) is 6.54. The summed E-state index contributed by atoms with van der Waals surface area (Å²) in [5.74, 6) is 0.891. The highest BCUT2D eigenvalue weighted by Gasteiger charge is 2.33.